The fraction of sp³-hybridized carbons (Fsp3) is 0.227. The van der Waals surface area contributed by atoms with Crippen LogP contribution in [0.4, 0.5) is 14.5 Å². The molecule has 1 saturated heterocycles. The van der Waals surface area contributed by atoms with Crippen LogP contribution >= 0.6 is 0 Å². The lowest BCUT2D eigenvalue weighted by molar-refractivity contribution is 0.0983. The molecule has 0 spiro atoms. The molecule has 9 nitrogen and oxygen atoms in total. The minimum Gasteiger partial charge on any atom is -0.364 e. The van der Waals surface area contributed by atoms with Crippen molar-refractivity contribution in [3.05, 3.63) is 77.9 Å². The second-order valence-corrected chi connectivity index (χ2v) is 9.76. The molecule has 4 heterocycles. The zero-order valence-corrected chi connectivity index (χ0v) is 18.8. The van der Waals surface area contributed by atoms with Gasteiger partial charge in [0.1, 0.15) is 16.5 Å². The number of aromatic nitrogens is 4. The van der Waals surface area contributed by atoms with E-state index < -0.39 is 27.6 Å². The number of hydrogen-bond acceptors (Lipinski definition) is 6. The lowest BCUT2D eigenvalue weighted by Crippen LogP contribution is -2.30. The van der Waals surface area contributed by atoms with Gasteiger partial charge in [0.15, 0.2) is 0 Å². The van der Waals surface area contributed by atoms with Crippen LogP contribution in [0, 0.1) is 11.6 Å². The zero-order chi connectivity index (χ0) is 24.0. The number of rotatable bonds is 5. The topological polar surface area (TPSA) is 102 Å². The second kappa shape index (κ2) is 8.20. The summed E-state index contributed by atoms with van der Waals surface area (Å²) in [5, 5.41) is 7.95. The molecule has 1 aromatic carbocycles. The van der Waals surface area contributed by atoms with Gasteiger partial charge in [0.2, 0.25) is 0 Å². The van der Waals surface area contributed by atoms with Gasteiger partial charge < -0.3 is 4.90 Å². The maximum Gasteiger partial charge on any atom is 0.268 e. The van der Waals surface area contributed by atoms with Crippen molar-refractivity contribution in [3.8, 4) is 0 Å². The first-order chi connectivity index (χ1) is 16.2. The van der Waals surface area contributed by atoms with E-state index in [0.29, 0.717) is 24.2 Å². The molecule has 0 radical (unpaired) electrons. The van der Waals surface area contributed by atoms with Crippen molar-refractivity contribution in [2.24, 2.45) is 7.05 Å². The molecule has 1 N–H and O–H groups in total. The second-order valence-electron chi connectivity index (χ2n) is 8.07. The van der Waals surface area contributed by atoms with Crippen LogP contribution in [-0.4, -0.2) is 40.3 Å². The molecular formula is C22H20F2N6O3S. The molecule has 5 rings (SSSR count). The van der Waals surface area contributed by atoms with E-state index in [2.05, 4.69) is 10.2 Å². The molecule has 34 heavy (non-hydrogen) atoms. The average Bonchev–Trinajstić information content (AvgIpc) is 3.53. The maximum atomic E-state index is 14.5. The van der Waals surface area contributed by atoms with Crippen molar-refractivity contribution in [2.45, 2.75) is 23.8 Å². The van der Waals surface area contributed by atoms with E-state index in [1.54, 1.807) is 25.4 Å². The van der Waals surface area contributed by atoms with E-state index in [1.165, 1.54) is 27.7 Å². The van der Waals surface area contributed by atoms with Gasteiger partial charge in [-0.05, 0) is 43.2 Å². The fourth-order valence-electron chi connectivity index (χ4n) is 4.27. The molecule has 1 fully saturated rings. The summed E-state index contributed by atoms with van der Waals surface area (Å²) in [5.74, 6) is -1.84. The summed E-state index contributed by atoms with van der Waals surface area (Å²) in [4.78, 5) is 14.6. The van der Waals surface area contributed by atoms with E-state index in [1.807, 2.05) is 9.62 Å². The summed E-state index contributed by atoms with van der Waals surface area (Å²) < 4.78 is 58.1. The van der Waals surface area contributed by atoms with Crippen molar-refractivity contribution < 1.29 is 22.0 Å². The van der Waals surface area contributed by atoms with E-state index in [9.17, 15) is 22.0 Å². The van der Waals surface area contributed by atoms with Crippen molar-refractivity contribution in [2.75, 3.05) is 11.4 Å². The van der Waals surface area contributed by atoms with E-state index in [-0.39, 0.29) is 22.1 Å². The van der Waals surface area contributed by atoms with E-state index in [0.717, 1.165) is 24.8 Å². The van der Waals surface area contributed by atoms with Gasteiger partial charge in [-0.2, -0.15) is 10.2 Å². The van der Waals surface area contributed by atoms with Gasteiger partial charge in [0.25, 0.3) is 15.9 Å². The highest BCUT2D eigenvalue weighted by atomic mass is 32.2. The summed E-state index contributed by atoms with van der Waals surface area (Å²) in [6.45, 7) is 0.613. The first kappa shape index (κ1) is 22.0. The van der Waals surface area contributed by atoms with Crippen LogP contribution in [0.15, 0.2) is 60.0 Å². The van der Waals surface area contributed by atoms with Crippen molar-refractivity contribution in [1.29, 1.82) is 0 Å². The molecule has 0 bridgehead atoms. The Bertz CT molecular complexity index is 1510. The Labute approximate surface area is 193 Å². The van der Waals surface area contributed by atoms with Crippen LogP contribution in [-0.2, 0) is 17.1 Å². The number of nitrogens with zero attached hydrogens (tertiary/aromatic N) is 5. The SMILES string of the molecule is Cn1cc(S(=O)(=O)NC(=O)c2cnn3ccc(N4CCC[C@@H]4c4cc(F)ccc4F)cc23)cn1. The van der Waals surface area contributed by atoms with Crippen LogP contribution in [0.5, 0.6) is 0 Å². The molecule has 1 aliphatic heterocycles. The Kier molecular flexibility index (Phi) is 5.31. The molecule has 3 aromatic heterocycles. The van der Waals surface area contributed by atoms with Gasteiger partial charge in [-0.15, -0.1) is 0 Å². The Morgan fingerprint density at radius 1 is 1.15 bits per heavy atom. The Morgan fingerprint density at radius 3 is 2.74 bits per heavy atom. The molecule has 0 unspecified atom stereocenters. The number of hydrogen-bond donors (Lipinski definition) is 1. The van der Waals surface area contributed by atoms with E-state index in [4.69, 9.17) is 0 Å². The first-order valence-electron chi connectivity index (χ1n) is 10.5. The van der Waals surface area contributed by atoms with Crippen LogP contribution in [0.3, 0.4) is 0 Å². The first-order valence-corrected chi connectivity index (χ1v) is 12.0. The average molecular weight is 487 g/mol. The van der Waals surface area contributed by atoms with Gasteiger partial charge in [0, 0.05) is 37.2 Å². The summed E-state index contributed by atoms with van der Waals surface area (Å²) in [7, 11) is -2.56. The third-order valence-corrected chi connectivity index (χ3v) is 7.16. The molecule has 0 saturated carbocycles. The highest BCUT2D eigenvalue weighted by Gasteiger charge is 2.30. The lowest BCUT2D eigenvalue weighted by atomic mass is 10.0. The fourth-order valence-corrected chi connectivity index (χ4v) is 5.21. The van der Waals surface area contributed by atoms with Gasteiger partial charge in [-0.3, -0.25) is 9.48 Å². The highest BCUT2D eigenvalue weighted by Crippen LogP contribution is 2.38. The number of amides is 1. The summed E-state index contributed by atoms with van der Waals surface area (Å²) in [6.07, 6.45) is 6.75. The number of pyridine rings is 1. The van der Waals surface area contributed by atoms with Crippen molar-refractivity contribution >= 4 is 27.1 Å². The molecule has 0 aliphatic carbocycles. The number of nitrogens with one attached hydrogen (secondary N) is 1. The summed E-state index contributed by atoms with van der Waals surface area (Å²) >= 11 is 0. The van der Waals surface area contributed by atoms with Gasteiger partial charge in [-0.25, -0.2) is 26.4 Å². The van der Waals surface area contributed by atoms with E-state index >= 15 is 0 Å². The molecule has 176 valence electrons. The van der Waals surface area contributed by atoms with Gasteiger partial charge in [0.05, 0.1) is 29.5 Å². The third kappa shape index (κ3) is 3.89. The normalized spacial score (nSPS) is 16.3. The number of carbonyl (C=O) groups is 1. The molecule has 1 amide bonds. The van der Waals surface area contributed by atoms with Gasteiger partial charge in [-0.1, -0.05) is 0 Å². The number of sulfonamides is 1. The van der Waals surface area contributed by atoms with Crippen LogP contribution < -0.4 is 9.62 Å². The monoisotopic (exact) mass is 486 g/mol. The van der Waals surface area contributed by atoms with Crippen LogP contribution in [0.2, 0.25) is 0 Å². The standard InChI is InChI=1S/C22H20F2N6O3S/c1-28-13-16(11-25-28)34(32,33)27-22(31)18-12-26-30-8-6-15(10-21(18)30)29-7-2-3-20(29)17-9-14(23)4-5-19(17)24/h4-6,8-13,20H,2-3,7H2,1H3,(H,27,31)/t20-/m1/s1. The number of aryl methyl sites for hydroxylation is 1. The summed E-state index contributed by atoms with van der Waals surface area (Å²) in [6, 6.07) is 6.49. The number of fused-ring (bicyclic) bond motifs is 1. The minimum atomic E-state index is -4.12. The number of anilines is 1. The maximum absolute atomic E-state index is 14.5. The molecular weight excluding hydrogens is 466 g/mol. The summed E-state index contributed by atoms with van der Waals surface area (Å²) in [5.41, 5.74) is 1.39. The molecule has 1 aliphatic rings. The highest BCUT2D eigenvalue weighted by molar-refractivity contribution is 7.90. The number of carbonyl (C=O) groups excluding carboxylic acids is 1. The van der Waals surface area contributed by atoms with Gasteiger partial charge >= 0.3 is 0 Å². The zero-order valence-electron chi connectivity index (χ0n) is 18.0. The predicted octanol–water partition coefficient (Wildman–Crippen LogP) is 2.81. The molecule has 1 atom stereocenters. The molecule has 12 heteroatoms. The third-order valence-electron chi connectivity index (χ3n) is 5.87. The smallest absolute Gasteiger partial charge is 0.268 e. The number of benzene rings is 1. The Balaban J connectivity index is 1.47. The minimum absolute atomic E-state index is 0.0574. The number of halogens is 2. The molecule has 4 aromatic rings. The largest absolute Gasteiger partial charge is 0.364 e. The van der Waals surface area contributed by atoms with Crippen molar-refractivity contribution in [1.82, 2.24) is 24.1 Å². The van der Waals surface area contributed by atoms with Crippen LogP contribution in [0.1, 0.15) is 34.8 Å². The lowest BCUT2D eigenvalue weighted by Gasteiger charge is -2.27. The predicted molar refractivity (Wildman–Crippen MR) is 119 cm³/mol. The van der Waals surface area contributed by atoms with Crippen molar-refractivity contribution in [3.63, 3.8) is 0 Å². The van der Waals surface area contributed by atoms with Crippen LogP contribution in [0.25, 0.3) is 5.52 Å². The quantitative estimate of drug-likeness (QED) is 0.466. The Hall–Kier alpha value is -3.80. The Morgan fingerprint density at radius 2 is 1.97 bits per heavy atom.